The van der Waals surface area contributed by atoms with E-state index in [1.165, 1.54) is 19.3 Å². The van der Waals surface area contributed by atoms with Crippen molar-refractivity contribution >= 4 is 5.97 Å². The number of ether oxygens (including phenoxy) is 5. The van der Waals surface area contributed by atoms with Gasteiger partial charge >= 0.3 is 5.97 Å². The highest BCUT2D eigenvalue weighted by molar-refractivity contribution is 5.69. The average Bonchev–Trinajstić information content (AvgIpc) is 2.57. The number of esters is 1. The summed E-state index contributed by atoms with van der Waals surface area (Å²) in [5.41, 5.74) is 0. The quantitative estimate of drug-likeness (QED) is 0.359. The van der Waals surface area contributed by atoms with E-state index in [9.17, 15) is 4.79 Å². The van der Waals surface area contributed by atoms with Crippen LogP contribution in [-0.2, 0) is 28.5 Å². The van der Waals surface area contributed by atoms with Crippen LogP contribution in [0.4, 0.5) is 0 Å². The number of methoxy groups -OCH3 is 1. The van der Waals surface area contributed by atoms with Gasteiger partial charge < -0.3 is 23.7 Å². The van der Waals surface area contributed by atoms with Crippen molar-refractivity contribution in [2.24, 2.45) is 0 Å². The van der Waals surface area contributed by atoms with Gasteiger partial charge in [0.25, 0.3) is 0 Å². The van der Waals surface area contributed by atoms with E-state index in [0.29, 0.717) is 59.1 Å². The van der Waals surface area contributed by atoms with Crippen LogP contribution in [0, 0.1) is 0 Å². The Labute approximate surface area is 139 Å². The topological polar surface area (TPSA) is 63.2 Å². The molecule has 0 unspecified atom stereocenters. The van der Waals surface area contributed by atoms with Crippen molar-refractivity contribution in [1.82, 2.24) is 0 Å². The molecule has 0 N–H and O–H groups in total. The van der Waals surface area contributed by atoms with Gasteiger partial charge in [-0.2, -0.15) is 0 Å². The van der Waals surface area contributed by atoms with Crippen molar-refractivity contribution in [3.05, 3.63) is 0 Å². The Morgan fingerprint density at radius 1 is 0.826 bits per heavy atom. The summed E-state index contributed by atoms with van der Waals surface area (Å²) in [5.74, 6) is -0.0926. The molecule has 1 rings (SSSR count). The van der Waals surface area contributed by atoms with Crippen LogP contribution >= 0.6 is 0 Å². The van der Waals surface area contributed by atoms with Crippen molar-refractivity contribution < 1.29 is 28.5 Å². The summed E-state index contributed by atoms with van der Waals surface area (Å²) in [5, 5.41) is 0. The van der Waals surface area contributed by atoms with E-state index in [1.54, 1.807) is 7.11 Å². The molecule has 0 amide bonds. The molecule has 6 nitrogen and oxygen atoms in total. The standard InChI is InChI=1S/C17H32O6/c1-19-10-11-21-14-15-22-13-12-20-9-5-8-17(18)23-16-6-3-2-4-7-16/h16H,2-15H2,1H3. The second-order valence-electron chi connectivity index (χ2n) is 5.68. The first-order valence-electron chi connectivity index (χ1n) is 8.74. The smallest absolute Gasteiger partial charge is 0.306 e. The zero-order valence-corrected chi connectivity index (χ0v) is 14.4. The third-order valence-electron chi connectivity index (χ3n) is 3.70. The minimum absolute atomic E-state index is 0.0926. The first-order chi connectivity index (χ1) is 11.3. The molecule has 6 heteroatoms. The highest BCUT2D eigenvalue weighted by atomic mass is 16.6. The highest BCUT2D eigenvalue weighted by Gasteiger charge is 2.17. The predicted molar refractivity (Wildman–Crippen MR) is 86.5 cm³/mol. The maximum atomic E-state index is 11.7. The van der Waals surface area contributed by atoms with Gasteiger partial charge in [-0.25, -0.2) is 0 Å². The fourth-order valence-corrected chi connectivity index (χ4v) is 2.43. The summed E-state index contributed by atoms with van der Waals surface area (Å²) in [6.45, 7) is 3.96. The molecule has 0 aliphatic heterocycles. The molecule has 1 saturated carbocycles. The third kappa shape index (κ3) is 12.4. The maximum absolute atomic E-state index is 11.7. The minimum Gasteiger partial charge on any atom is -0.462 e. The Kier molecular flexibility index (Phi) is 13.2. The molecular formula is C17H32O6. The molecule has 136 valence electrons. The Bertz CT molecular complexity index is 278. The molecule has 0 heterocycles. The van der Waals surface area contributed by atoms with Crippen molar-refractivity contribution in [3.8, 4) is 0 Å². The van der Waals surface area contributed by atoms with Crippen molar-refractivity contribution in [2.45, 2.75) is 51.0 Å². The average molecular weight is 332 g/mol. The molecule has 0 aromatic rings. The normalized spacial score (nSPS) is 15.7. The molecule has 0 aromatic heterocycles. The van der Waals surface area contributed by atoms with Gasteiger partial charge in [0, 0.05) is 20.1 Å². The summed E-state index contributed by atoms with van der Waals surface area (Å²) in [7, 11) is 1.65. The molecule has 1 fully saturated rings. The van der Waals surface area contributed by atoms with Crippen LogP contribution in [0.5, 0.6) is 0 Å². The van der Waals surface area contributed by atoms with Crippen LogP contribution in [0.25, 0.3) is 0 Å². The van der Waals surface area contributed by atoms with Crippen molar-refractivity contribution in [3.63, 3.8) is 0 Å². The van der Waals surface area contributed by atoms with E-state index in [0.717, 1.165) is 12.8 Å². The van der Waals surface area contributed by atoms with Crippen LogP contribution in [0.3, 0.4) is 0 Å². The molecule has 1 aliphatic carbocycles. The molecule has 23 heavy (non-hydrogen) atoms. The predicted octanol–water partition coefficient (Wildman–Crippen LogP) is 2.34. The largest absolute Gasteiger partial charge is 0.462 e. The minimum atomic E-state index is -0.0926. The second kappa shape index (κ2) is 14.9. The molecule has 0 spiro atoms. The highest BCUT2D eigenvalue weighted by Crippen LogP contribution is 2.20. The third-order valence-corrected chi connectivity index (χ3v) is 3.70. The van der Waals surface area contributed by atoms with Gasteiger partial charge in [0.1, 0.15) is 6.10 Å². The molecule has 0 atom stereocenters. The molecule has 0 bridgehead atoms. The van der Waals surface area contributed by atoms with E-state index in [1.807, 2.05) is 0 Å². The van der Waals surface area contributed by atoms with E-state index < -0.39 is 0 Å². The van der Waals surface area contributed by atoms with E-state index >= 15 is 0 Å². The first-order valence-corrected chi connectivity index (χ1v) is 8.74. The SMILES string of the molecule is COCCOCCOCCOCCCC(=O)OC1CCCCC1. The number of hydrogen-bond donors (Lipinski definition) is 0. The molecular weight excluding hydrogens is 300 g/mol. The lowest BCUT2D eigenvalue weighted by atomic mass is 9.98. The fourth-order valence-electron chi connectivity index (χ4n) is 2.43. The Morgan fingerprint density at radius 3 is 2.00 bits per heavy atom. The Morgan fingerprint density at radius 2 is 1.39 bits per heavy atom. The zero-order valence-electron chi connectivity index (χ0n) is 14.4. The van der Waals surface area contributed by atoms with Gasteiger partial charge in [0.15, 0.2) is 0 Å². The summed E-state index contributed by atoms with van der Waals surface area (Å²) in [4.78, 5) is 11.7. The lowest BCUT2D eigenvalue weighted by Crippen LogP contribution is -2.21. The van der Waals surface area contributed by atoms with Gasteiger partial charge in [-0.15, -0.1) is 0 Å². The summed E-state index contributed by atoms with van der Waals surface area (Å²) >= 11 is 0. The number of carbonyl (C=O) groups is 1. The van der Waals surface area contributed by atoms with Crippen molar-refractivity contribution in [1.29, 1.82) is 0 Å². The monoisotopic (exact) mass is 332 g/mol. The lowest BCUT2D eigenvalue weighted by Gasteiger charge is -2.21. The van der Waals surface area contributed by atoms with Crippen molar-refractivity contribution in [2.75, 3.05) is 53.4 Å². The first kappa shape index (κ1) is 20.4. The molecule has 1 aliphatic rings. The molecule has 0 saturated heterocycles. The van der Waals surface area contributed by atoms with Gasteiger partial charge in [-0.05, 0) is 32.1 Å². The fraction of sp³-hybridized carbons (Fsp3) is 0.941. The molecule has 0 aromatic carbocycles. The van der Waals surface area contributed by atoms with Crippen LogP contribution in [0.2, 0.25) is 0 Å². The van der Waals surface area contributed by atoms with Gasteiger partial charge in [-0.1, -0.05) is 6.42 Å². The zero-order chi connectivity index (χ0) is 16.6. The Hall–Kier alpha value is -0.690. The summed E-state index contributed by atoms with van der Waals surface area (Å²) in [6, 6.07) is 0. The summed E-state index contributed by atoms with van der Waals surface area (Å²) in [6.07, 6.45) is 6.96. The number of rotatable bonds is 14. The van der Waals surface area contributed by atoms with Gasteiger partial charge in [-0.3, -0.25) is 4.79 Å². The van der Waals surface area contributed by atoms with Crippen LogP contribution in [0.1, 0.15) is 44.9 Å². The van der Waals surface area contributed by atoms with Gasteiger partial charge in [0.05, 0.1) is 39.6 Å². The van der Waals surface area contributed by atoms with E-state index in [4.69, 9.17) is 23.7 Å². The second-order valence-corrected chi connectivity index (χ2v) is 5.68. The van der Waals surface area contributed by atoms with Crippen LogP contribution in [-0.4, -0.2) is 65.4 Å². The summed E-state index contributed by atoms with van der Waals surface area (Å²) < 4.78 is 26.4. The number of carbonyl (C=O) groups excluding carboxylic acids is 1. The van der Waals surface area contributed by atoms with Crippen LogP contribution < -0.4 is 0 Å². The number of hydrogen-bond acceptors (Lipinski definition) is 6. The van der Waals surface area contributed by atoms with Crippen LogP contribution in [0.15, 0.2) is 0 Å². The lowest BCUT2D eigenvalue weighted by molar-refractivity contribution is -0.150. The van der Waals surface area contributed by atoms with Gasteiger partial charge in [0.2, 0.25) is 0 Å². The van der Waals surface area contributed by atoms with E-state index in [2.05, 4.69) is 0 Å². The van der Waals surface area contributed by atoms with E-state index in [-0.39, 0.29) is 12.1 Å². The Balaban J connectivity index is 1.77. The molecule has 0 radical (unpaired) electrons. The maximum Gasteiger partial charge on any atom is 0.306 e.